The van der Waals surface area contributed by atoms with Gasteiger partial charge in [0, 0.05) is 25.8 Å². The molecule has 0 aliphatic carbocycles. The van der Waals surface area contributed by atoms with Crippen molar-refractivity contribution in [3.05, 3.63) is 67.8 Å². The molecule has 3 amide bonds. The number of hydrogen-bond acceptors (Lipinski definition) is 5. The summed E-state index contributed by atoms with van der Waals surface area (Å²) in [6, 6.07) is 12.2. The van der Waals surface area contributed by atoms with Crippen molar-refractivity contribution >= 4 is 34.2 Å². The van der Waals surface area contributed by atoms with E-state index < -0.39 is 35.6 Å². The molecule has 3 fully saturated rings. The van der Waals surface area contributed by atoms with Gasteiger partial charge in [0.25, 0.3) is 5.91 Å². The molecule has 8 heteroatoms. The van der Waals surface area contributed by atoms with E-state index >= 15 is 0 Å². The first-order valence-electron chi connectivity index (χ1n) is 14.6. The molecule has 5 rings (SSSR count). The number of carbonyl (C=O) groups excluding carboxylic acids is 3. The monoisotopic (exact) mass is 559 g/mol. The lowest BCUT2D eigenvalue weighted by Crippen LogP contribution is -2.60. The van der Waals surface area contributed by atoms with Crippen LogP contribution in [0, 0.1) is 17.8 Å². The van der Waals surface area contributed by atoms with Crippen molar-refractivity contribution in [1.82, 2.24) is 9.80 Å². The van der Waals surface area contributed by atoms with Crippen LogP contribution in [0.1, 0.15) is 33.1 Å². The normalized spacial score (nSPS) is 27.9. The maximum atomic E-state index is 14.8. The Morgan fingerprint density at radius 2 is 1.85 bits per heavy atom. The van der Waals surface area contributed by atoms with Crippen molar-refractivity contribution in [3.63, 3.8) is 0 Å². The number of rotatable bonds is 11. The topological polar surface area (TPSA) is 90.4 Å². The van der Waals surface area contributed by atoms with Crippen LogP contribution in [-0.4, -0.2) is 83.2 Å². The number of aliphatic hydroxyl groups is 1. The lowest BCUT2D eigenvalue weighted by molar-refractivity contribution is -0.148. The van der Waals surface area contributed by atoms with Gasteiger partial charge in [-0.1, -0.05) is 62.8 Å². The van der Waals surface area contributed by atoms with E-state index in [0.29, 0.717) is 31.5 Å². The van der Waals surface area contributed by atoms with E-state index in [1.807, 2.05) is 56.3 Å². The van der Waals surface area contributed by atoms with Gasteiger partial charge in [-0.3, -0.25) is 14.4 Å². The number of carbonyl (C=O) groups is 3. The number of nitrogens with zero attached hydrogens (tertiary/aromatic N) is 3. The fraction of sp³-hybridized carbons (Fsp3) is 0.485. The third-order valence-corrected chi connectivity index (χ3v) is 9.50. The number of ether oxygens (including phenoxy) is 1. The second-order valence-electron chi connectivity index (χ2n) is 11.7. The zero-order valence-electron chi connectivity index (χ0n) is 24.2. The van der Waals surface area contributed by atoms with Crippen molar-refractivity contribution in [1.29, 1.82) is 0 Å². The van der Waals surface area contributed by atoms with Crippen LogP contribution in [0.15, 0.2) is 67.8 Å². The number of anilines is 1. The van der Waals surface area contributed by atoms with E-state index in [1.165, 1.54) is 0 Å². The summed E-state index contributed by atoms with van der Waals surface area (Å²) in [5.74, 6) is -2.30. The third-order valence-electron chi connectivity index (χ3n) is 9.50. The van der Waals surface area contributed by atoms with Crippen LogP contribution in [0.4, 0.5) is 5.69 Å². The molecule has 0 saturated carbocycles. The lowest BCUT2D eigenvalue weighted by Gasteiger charge is -2.41. The van der Waals surface area contributed by atoms with E-state index in [-0.39, 0.29) is 36.8 Å². The maximum absolute atomic E-state index is 14.8. The van der Waals surface area contributed by atoms with Gasteiger partial charge in [-0.2, -0.15) is 0 Å². The molecule has 8 nitrogen and oxygen atoms in total. The predicted molar refractivity (Wildman–Crippen MR) is 159 cm³/mol. The van der Waals surface area contributed by atoms with Crippen LogP contribution >= 0.6 is 0 Å². The summed E-state index contributed by atoms with van der Waals surface area (Å²) in [7, 11) is 1.70. The molecule has 1 N–H and O–H groups in total. The highest BCUT2D eigenvalue weighted by Gasteiger charge is 2.75. The van der Waals surface area contributed by atoms with Gasteiger partial charge in [0.15, 0.2) is 0 Å². The van der Waals surface area contributed by atoms with E-state index in [2.05, 4.69) is 13.2 Å². The molecule has 2 unspecified atom stereocenters. The number of hydrogen-bond donors (Lipinski definition) is 1. The van der Waals surface area contributed by atoms with E-state index in [4.69, 9.17) is 4.74 Å². The summed E-state index contributed by atoms with van der Waals surface area (Å²) < 4.78 is 6.63. The predicted octanol–water partition coefficient (Wildman–Crippen LogP) is 3.78. The SMILES string of the molecule is C=CCN(C)C(=O)[C@@H]1[C@@H]2CCC3(O2)C(C(=O)N(CC=C)c2ccc4ccccc4c2)N([C@@H](CO)[C@@H](C)CC)C(=O)[C@H]13. The highest BCUT2D eigenvalue weighted by molar-refractivity contribution is 6.06. The summed E-state index contributed by atoms with van der Waals surface area (Å²) in [4.78, 5) is 47.7. The Morgan fingerprint density at radius 1 is 1.15 bits per heavy atom. The largest absolute Gasteiger partial charge is 0.394 e. The van der Waals surface area contributed by atoms with Crippen LogP contribution in [0.3, 0.4) is 0 Å². The number of benzene rings is 2. The average Bonchev–Trinajstić information content (AvgIpc) is 3.63. The van der Waals surface area contributed by atoms with Gasteiger partial charge < -0.3 is 24.5 Å². The lowest BCUT2D eigenvalue weighted by atomic mass is 9.70. The van der Waals surface area contributed by atoms with Crippen LogP contribution in [0.5, 0.6) is 0 Å². The fourth-order valence-electron chi connectivity index (χ4n) is 7.31. The molecule has 3 aliphatic heterocycles. The summed E-state index contributed by atoms with van der Waals surface area (Å²) in [6.07, 6.45) is 4.68. The minimum absolute atomic E-state index is 0.0715. The molecule has 41 heavy (non-hydrogen) atoms. The Kier molecular flexibility index (Phi) is 8.08. The van der Waals surface area contributed by atoms with Gasteiger partial charge in [0.2, 0.25) is 11.8 Å². The fourth-order valence-corrected chi connectivity index (χ4v) is 7.31. The molecule has 0 aromatic heterocycles. The highest BCUT2D eigenvalue weighted by atomic mass is 16.5. The Bertz CT molecular complexity index is 1360. The van der Waals surface area contributed by atoms with Gasteiger partial charge >= 0.3 is 0 Å². The Hall–Kier alpha value is -3.49. The molecule has 1 spiro atoms. The molecule has 2 aromatic rings. The van der Waals surface area contributed by atoms with Crippen LogP contribution < -0.4 is 4.90 Å². The molecule has 7 atom stereocenters. The van der Waals surface area contributed by atoms with Crippen molar-refractivity contribution in [3.8, 4) is 0 Å². The number of fused-ring (bicyclic) bond motifs is 2. The third kappa shape index (κ3) is 4.57. The molecule has 3 aliphatic rings. The highest BCUT2D eigenvalue weighted by Crippen LogP contribution is 2.59. The zero-order chi connectivity index (χ0) is 29.5. The van der Waals surface area contributed by atoms with Crippen LogP contribution in [-0.2, 0) is 19.1 Å². The number of amides is 3. The van der Waals surface area contributed by atoms with E-state index in [0.717, 1.165) is 10.8 Å². The summed E-state index contributed by atoms with van der Waals surface area (Å²) in [5, 5.41) is 12.6. The van der Waals surface area contributed by atoms with Crippen LogP contribution in [0.2, 0.25) is 0 Å². The van der Waals surface area contributed by atoms with E-state index in [1.54, 1.807) is 33.9 Å². The minimum atomic E-state index is -1.15. The molecule has 2 bridgehead atoms. The van der Waals surface area contributed by atoms with Crippen LogP contribution in [0.25, 0.3) is 10.8 Å². The number of likely N-dealkylation sites (N-methyl/N-ethyl adjacent to an activating group) is 1. The quantitative estimate of drug-likeness (QED) is 0.423. The maximum Gasteiger partial charge on any atom is 0.253 e. The average molecular weight is 560 g/mol. The summed E-state index contributed by atoms with van der Waals surface area (Å²) in [5.41, 5.74) is -0.457. The number of likely N-dealkylation sites (tertiary alicyclic amines) is 1. The first kappa shape index (κ1) is 29.0. The summed E-state index contributed by atoms with van der Waals surface area (Å²) >= 11 is 0. The first-order chi connectivity index (χ1) is 19.7. The molecular weight excluding hydrogens is 518 g/mol. The van der Waals surface area contributed by atoms with Crippen molar-refractivity contribution in [2.75, 3.05) is 31.6 Å². The zero-order valence-corrected chi connectivity index (χ0v) is 24.2. The molecule has 2 aromatic carbocycles. The second kappa shape index (κ2) is 11.4. The van der Waals surface area contributed by atoms with Gasteiger partial charge in [-0.15, -0.1) is 13.2 Å². The Balaban J connectivity index is 1.62. The smallest absolute Gasteiger partial charge is 0.253 e. The van der Waals surface area contributed by atoms with Crippen molar-refractivity contribution in [2.45, 2.75) is 56.9 Å². The molecule has 0 radical (unpaired) electrons. The van der Waals surface area contributed by atoms with Gasteiger partial charge in [-0.05, 0) is 41.7 Å². The van der Waals surface area contributed by atoms with Crippen molar-refractivity contribution < 1.29 is 24.2 Å². The molecule has 3 heterocycles. The first-order valence-corrected chi connectivity index (χ1v) is 14.6. The van der Waals surface area contributed by atoms with Gasteiger partial charge in [0.05, 0.1) is 30.6 Å². The molecular formula is C33H41N3O5. The van der Waals surface area contributed by atoms with E-state index in [9.17, 15) is 19.5 Å². The van der Waals surface area contributed by atoms with Crippen molar-refractivity contribution in [2.24, 2.45) is 17.8 Å². The number of aliphatic hydroxyl groups excluding tert-OH is 1. The molecule has 218 valence electrons. The minimum Gasteiger partial charge on any atom is -0.394 e. The molecule has 3 saturated heterocycles. The standard InChI is InChI=1S/C33H41N3O5/c1-6-17-34(5)30(38)27-26-15-16-33(41-26)28(27)31(39)36(25(20-37)21(4)8-3)29(33)32(40)35(18-7-2)24-14-13-22-11-9-10-12-23(22)19-24/h6-7,9-14,19,21,25-29,37H,1-2,8,15-18,20H2,3-5H3/t21-,25-,26-,27+,28-,29?,33?/m0/s1. The Morgan fingerprint density at radius 3 is 2.51 bits per heavy atom. The van der Waals surface area contributed by atoms with Gasteiger partial charge in [-0.25, -0.2) is 0 Å². The second-order valence-corrected chi connectivity index (χ2v) is 11.7. The van der Waals surface area contributed by atoms with Gasteiger partial charge in [0.1, 0.15) is 11.6 Å². The Labute approximate surface area is 242 Å². The summed E-state index contributed by atoms with van der Waals surface area (Å²) in [6.45, 7) is 11.9.